The van der Waals surface area contributed by atoms with Gasteiger partial charge in [-0.1, -0.05) is 61.5 Å². The van der Waals surface area contributed by atoms with Crippen molar-refractivity contribution in [2.45, 2.75) is 26.4 Å². The van der Waals surface area contributed by atoms with Gasteiger partial charge < -0.3 is 4.90 Å². The Morgan fingerprint density at radius 2 is 1.77 bits per heavy atom. The first-order valence-electron chi connectivity index (χ1n) is 9.90. The molecule has 0 bridgehead atoms. The lowest BCUT2D eigenvalue weighted by Crippen LogP contribution is -2.33. The second-order valence-corrected chi connectivity index (χ2v) is 8.15. The fraction of sp³-hybridized carbons (Fsp3) is 0.208. The van der Waals surface area contributed by atoms with Crippen LogP contribution >= 0.6 is 11.3 Å². The predicted octanol–water partition coefficient (Wildman–Crippen LogP) is 4.35. The number of amides is 1. The van der Waals surface area contributed by atoms with Crippen LogP contribution in [0, 0.1) is 0 Å². The topological polar surface area (TPSA) is 55.2 Å². The van der Waals surface area contributed by atoms with Gasteiger partial charge >= 0.3 is 0 Å². The van der Waals surface area contributed by atoms with Crippen LogP contribution in [0.25, 0.3) is 21.3 Å². The van der Waals surface area contributed by atoms with Gasteiger partial charge in [-0.25, -0.2) is 4.98 Å². The van der Waals surface area contributed by atoms with Gasteiger partial charge in [-0.15, -0.1) is 11.3 Å². The predicted molar refractivity (Wildman–Crippen MR) is 122 cm³/mol. The minimum atomic E-state index is -0.186. The van der Waals surface area contributed by atoms with Crippen LogP contribution in [0.2, 0.25) is 0 Å². The van der Waals surface area contributed by atoms with Gasteiger partial charge in [-0.3, -0.25) is 14.2 Å². The van der Waals surface area contributed by atoms with Crippen LogP contribution in [0.3, 0.4) is 0 Å². The van der Waals surface area contributed by atoms with E-state index in [1.165, 1.54) is 27.8 Å². The van der Waals surface area contributed by atoms with E-state index in [0.29, 0.717) is 16.8 Å². The van der Waals surface area contributed by atoms with E-state index in [-0.39, 0.29) is 18.0 Å². The van der Waals surface area contributed by atoms with E-state index < -0.39 is 0 Å². The summed E-state index contributed by atoms with van der Waals surface area (Å²) in [6.07, 6.45) is 2.46. The maximum atomic E-state index is 13.1. The van der Waals surface area contributed by atoms with Crippen molar-refractivity contribution in [1.82, 2.24) is 14.5 Å². The van der Waals surface area contributed by atoms with Crippen LogP contribution in [-0.2, 0) is 24.3 Å². The summed E-state index contributed by atoms with van der Waals surface area (Å²) in [5.41, 5.74) is 3.98. The Balaban J connectivity index is 1.56. The third-order valence-corrected chi connectivity index (χ3v) is 6.11. The van der Waals surface area contributed by atoms with Crippen LogP contribution in [0.15, 0.2) is 71.1 Å². The van der Waals surface area contributed by atoms with Crippen molar-refractivity contribution < 1.29 is 4.79 Å². The van der Waals surface area contributed by atoms with Crippen LogP contribution in [-0.4, -0.2) is 27.4 Å². The molecule has 0 aliphatic carbocycles. The van der Waals surface area contributed by atoms with Crippen LogP contribution in [0.4, 0.5) is 0 Å². The van der Waals surface area contributed by atoms with Gasteiger partial charge in [0.2, 0.25) is 5.91 Å². The standard InChI is InChI=1S/C24H23N3O2S/c1-3-17-9-11-18(12-10-17)13-26(2)21(28)14-27-16-25-23-22(24(27)29)20(15-30-23)19-7-5-4-6-8-19/h4-12,15-16H,3,13-14H2,1-2H3. The first kappa shape index (κ1) is 20.0. The van der Waals surface area contributed by atoms with E-state index in [0.717, 1.165) is 23.1 Å². The van der Waals surface area contributed by atoms with Crippen molar-refractivity contribution in [2.24, 2.45) is 0 Å². The number of hydrogen-bond acceptors (Lipinski definition) is 4. The zero-order valence-electron chi connectivity index (χ0n) is 17.0. The van der Waals surface area contributed by atoms with Gasteiger partial charge in [0, 0.05) is 24.5 Å². The van der Waals surface area contributed by atoms with Gasteiger partial charge in [-0.05, 0) is 23.1 Å². The SMILES string of the molecule is CCc1ccc(CN(C)C(=O)Cn2cnc3scc(-c4ccccc4)c3c2=O)cc1. The number of likely N-dealkylation sites (N-methyl/N-ethyl adjacent to an activating group) is 1. The molecule has 6 heteroatoms. The molecule has 0 radical (unpaired) electrons. The van der Waals surface area contributed by atoms with E-state index in [2.05, 4.69) is 24.0 Å². The molecule has 0 aliphatic rings. The van der Waals surface area contributed by atoms with Crippen molar-refractivity contribution >= 4 is 27.5 Å². The summed E-state index contributed by atoms with van der Waals surface area (Å²) in [5.74, 6) is -0.130. The van der Waals surface area contributed by atoms with Crippen molar-refractivity contribution in [3.05, 3.63) is 87.8 Å². The summed E-state index contributed by atoms with van der Waals surface area (Å²) >= 11 is 1.44. The lowest BCUT2D eigenvalue weighted by Gasteiger charge is -2.18. The number of nitrogens with zero attached hydrogens (tertiary/aromatic N) is 3. The van der Waals surface area contributed by atoms with E-state index in [9.17, 15) is 9.59 Å². The van der Waals surface area contributed by atoms with Gasteiger partial charge in [-0.2, -0.15) is 0 Å². The van der Waals surface area contributed by atoms with Gasteiger partial charge in [0.05, 0.1) is 11.7 Å². The van der Waals surface area contributed by atoms with E-state index in [1.807, 2.05) is 47.8 Å². The molecule has 0 N–H and O–H groups in total. The smallest absolute Gasteiger partial charge is 0.263 e. The van der Waals surface area contributed by atoms with Crippen molar-refractivity contribution in [1.29, 1.82) is 0 Å². The average molecular weight is 418 g/mol. The Kier molecular flexibility index (Phi) is 5.77. The van der Waals surface area contributed by atoms with Crippen LogP contribution in [0.1, 0.15) is 18.1 Å². The molecule has 0 fully saturated rings. The molecule has 0 saturated heterocycles. The molecule has 2 aromatic heterocycles. The summed E-state index contributed by atoms with van der Waals surface area (Å²) in [6, 6.07) is 18.0. The molecule has 152 valence electrons. The first-order valence-corrected chi connectivity index (χ1v) is 10.8. The maximum absolute atomic E-state index is 13.1. The first-order chi connectivity index (χ1) is 14.6. The Bertz CT molecular complexity index is 1230. The highest BCUT2D eigenvalue weighted by Crippen LogP contribution is 2.30. The summed E-state index contributed by atoms with van der Waals surface area (Å²) in [5, 5.41) is 2.52. The Morgan fingerprint density at radius 3 is 2.47 bits per heavy atom. The fourth-order valence-corrected chi connectivity index (χ4v) is 4.33. The molecule has 30 heavy (non-hydrogen) atoms. The zero-order valence-corrected chi connectivity index (χ0v) is 17.9. The van der Waals surface area contributed by atoms with Gasteiger partial charge in [0.1, 0.15) is 11.4 Å². The maximum Gasteiger partial charge on any atom is 0.263 e. The molecule has 4 aromatic rings. The summed E-state index contributed by atoms with van der Waals surface area (Å²) in [6.45, 7) is 2.58. The third kappa shape index (κ3) is 4.04. The number of thiophene rings is 1. The van der Waals surface area contributed by atoms with Crippen LogP contribution < -0.4 is 5.56 Å². The molecule has 4 rings (SSSR count). The number of fused-ring (bicyclic) bond motifs is 1. The Morgan fingerprint density at radius 1 is 1.07 bits per heavy atom. The number of carbonyl (C=O) groups excluding carboxylic acids is 1. The molecule has 0 aliphatic heterocycles. The highest BCUT2D eigenvalue weighted by molar-refractivity contribution is 7.17. The number of aromatic nitrogens is 2. The molecular formula is C24H23N3O2S. The molecule has 2 aromatic carbocycles. The number of rotatable bonds is 6. The molecule has 0 unspecified atom stereocenters. The molecular weight excluding hydrogens is 394 g/mol. The van der Waals surface area contributed by atoms with Crippen molar-refractivity contribution in [3.8, 4) is 11.1 Å². The number of carbonyl (C=O) groups is 1. The average Bonchev–Trinajstić information content (AvgIpc) is 3.21. The third-order valence-electron chi connectivity index (χ3n) is 5.23. The zero-order chi connectivity index (χ0) is 21.1. The summed E-state index contributed by atoms with van der Waals surface area (Å²) < 4.78 is 1.40. The van der Waals surface area contributed by atoms with E-state index in [4.69, 9.17) is 0 Å². The summed E-state index contributed by atoms with van der Waals surface area (Å²) in [4.78, 5) is 32.6. The van der Waals surface area contributed by atoms with Gasteiger partial charge in [0.15, 0.2) is 0 Å². The molecule has 0 spiro atoms. The lowest BCUT2D eigenvalue weighted by molar-refractivity contribution is -0.131. The molecule has 0 saturated carbocycles. The quantitative estimate of drug-likeness (QED) is 0.469. The van der Waals surface area contributed by atoms with Crippen LogP contribution in [0.5, 0.6) is 0 Å². The fourth-order valence-electron chi connectivity index (χ4n) is 3.42. The highest BCUT2D eigenvalue weighted by Gasteiger charge is 2.16. The second kappa shape index (κ2) is 8.63. The molecule has 1 amide bonds. The minimum absolute atomic E-state index is 0.0323. The minimum Gasteiger partial charge on any atom is -0.340 e. The number of aryl methyl sites for hydroxylation is 1. The van der Waals surface area contributed by atoms with Crippen molar-refractivity contribution in [2.75, 3.05) is 7.05 Å². The van der Waals surface area contributed by atoms with E-state index in [1.54, 1.807) is 11.9 Å². The normalized spacial score (nSPS) is 11.0. The Hall–Kier alpha value is -3.25. The Labute approximate surface area is 179 Å². The second-order valence-electron chi connectivity index (χ2n) is 7.29. The summed E-state index contributed by atoms with van der Waals surface area (Å²) in [7, 11) is 1.76. The van der Waals surface area contributed by atoms with Crippen molar-refractivity contribution in [3.63, 3.8) is 0 Å². The number of benzene rings is 2. The van der Waals surface area contributed by atoms with Gasteiger partial charge in [0.25, 0.3) is 5.56 Å². The molecule has 0 atom stereocenters. The molecule has 2 heterocycles. The van der Waals surface area contributed by atoms with E-state index >= 15 is 0 Å². The monoisotopic (exact) mass is 417 g/mol. The lowest BCUT2D eigenvalue weighted by atomic mass is 10.1. The largest absolute Gasteiger partial charge is 0.340 e. The number of hydrogen-bond donors (Lipinski definition) is 0. The molecule has 5 nitrogen and oxygen atoms in total. The highest BCUT2D eigenvalue weighted by atomic mass is 32.1.